The molecule has 3 heterocycles. The molecule has 0 radical (unpaired) electrons. The average molecular weight is 356 g/mol. The van der Waals surface area contributed by atoms with Crippen molar-refractivity contribution in [2.75, 3.05) is 24.5 Å². The highest BCUT2D eigenvalue weighted by Crippen LogP contribution is 2.24. The van der Waals surface area contributed by atoms with Crippen molar-refractivity contribution < 1.29 is 9.90 Å². The Bertz CT molecular complexity index is 777. The number of β-amino-alcohol motifs (C(OH)–C–C–N with tert-alkyl or cyclic N) is 1. The predicted octanol–water partition coefficient (Wildman–Crippen LogP) is 0.840. The molecule has 1 amide bonds. The molecule has 1 atom stereocenters. The van der Waals surface area contributed by atoms with Gasteiger partial charge in [-0.1, -0.05) is 0 Å². The Kier molecular flexibility index (Phi) is 4.58. The van der Waals surface area contributed by atoms with Crippen LogP contribution in [0.4, 0.5) is 5.95 Å². The van der Waals surface area contributed by atoms with Crippen molar-refractivity contribution in [3.05, 3.63) is 35.4 Å². The minimum absolute atomic E-state index is 0.191. The molecule has 1 saturated heterocycles. The monoisotopic (exact) mass is 356 g/mol. The number of hydrogen-bond acceptors (Lipinski definition) is 6. The zero-order valence-electron chi connectivity index (χ0n) is 14.7. The normalized spacial score (nSPS) is 22.7. The van der Waals surface area contributed by atoms with E-state index in [4.69, 9.17) is 0 Å². The summed E-state index contributed by atoms with van der Waals surface area (Å²) in [6.45, 7) is 1.39. The third-order valence-corrected chi connectivity index (χ3v) is 5.24. The van der Waals surface area contributed by atoms with Crippen molar-refractivity contribution in [2.24, 2.45) is 0 Å². The van der Waals surface area contributed by atoms with E-state index in [-0.39, 0.29) is 12.5 Å². The van der Waals surface area contributed by atoms with Gasteiger partial charge in [0.2, 0.25) is 5.95 Å². The minimum atomic E-state index is -0.997. The van der Waals surface area contributed by atoms with E-state index in [2.05, 4.69) is 25.5 Å². The second-order valence-electron chi connectivity index (χ2n) is 7.22. The SMILES string of the molecule is O=C(NCC1(O)CCCN(c2ncccn2)C1)c1n[nH]c2c1CCCC2. The highest BCUT2D eigenvalue weighted by atomic mass is 16.3. The number of fused-ring (bicyclic) bond motifs is 1. The highest BCUT2D eigenvalue weighted by Gasteiger charge is 2.35. The van der Waals surface area contributed by atoms with Crippen LogP contribution in [0.25, 0.3) is 0 Å². The van der Waals surface area contributed by atoms with E-state index < -0.39 is 5.60 Å². The molecule has 1 unspecified atom stereocenters. The lowest BCUT2D eigenvalue weighted by Gasteiger charge is -2.39. The van der Waals surface area contributed by atoms with Crippen LogP contribution >= 0.6 is 0 Å². The number of carbonyl (C=O) groups excluding carboxylic acids is 1. The summed E-state index contributed by atoms with van der Waals surface area (Å²) < 4.78 is 0. The fourth-order valence-electron chi connectivity index (χ4n) is 3.88. The number of rotatable bonds is 4. The molecule has 26 heavy (non-hydrogen) atoms. The molecule has 4 rings (SSSR count). The van der Waals surface area contributed by atoms with Crippen LogP contribution in [0, 0.1) is 0 Å². The van der Waals surface area contributed by atoms with Gasteiger partial charge < -0.3 is 15.3 Å². The Hall–Kier alpha value is -2.48. The second kappa shape index (κ2) is 7.03. The number of H-pyrrole nitrogens is 1. The van der Waals surface area contributed by atoms with E-state index >= 15 is 0 Å². The number of anilines is 1. The maximum absolute atomic E-state index is 12.6. The third kappa shape index (κ3) is 3.41. The van der Waals surface area contributed by atoms with Crippen LogP contribution in [0.3, 0.4) is 0 Å². The van der Waals surface area contributed by atoms with Gasteiger partial charge in [-0.15, -0.1) is 0 Å². The summed E-state index contributed by atoms with van der Waals surface area (Å²) in [5.74, 6) is 0.393. The van der Waals surface area contributed by atoms with Crippen LogP contribution in [0.5, 0.6) is 0 Å². The Morgan fingerprint density at radius 2 is 2.08 bits per heavy atom. The van der Waals surface area contributed by atoms with Crippen LogP contribution in [0.15, 0.2) is 18.5 Å². The molecule has 8 nitrogen and oxygen atoms in total. The summed E-state index contributed by atoms with van der Waals surface area (Å²) in [5.41, 5.74) is 1.58. The molecule has 138 valence electrons. The maximum Gasteiger partial charge on any atom is 0.272 e. The quantitative estimate of drug-likeness (QED) is 0.749. The fourth-order valence-corrected chi connectivity index (χ4v) is 3.88. The van der Waals surface area contributed by atoms with Gasteiger partial charge in [-0.3, -0.25) is 9.89 Å². The average Bonchev–Trinajstić information content (AvgIpc) is 3.11. The predicted molar refractivity (Wildman–Crippen MR) is 96.0 cm³/mol. The van der Waals surface area contributed by atoms with E-state index in [0.717, 1.165) is 49.9 Å². The molecule has 2 aromatic heterocycles. The van der Waals surface area contributed by atoms with E-state index in [1.165, 1.54) is 0 Å². The molecule has 0 saturated carbocycles. The number of aryl methyl sites for hydroxylation is 1. The number of carbonyl (C=O) groups is 1. The summed E-state index contributed by atoms with van der Waals surface area (Å²) in [7, 11) is 0. The lowest BCUT2D eigenvalue weighted by atomic mass is 9.92. The van der Waals surface area contributed by atoms with Gasteiger partial charge >= 0.3 is 0 Å². The topological polar surface area (TPSA) is 107 Å². The number of aliphatic hydroxyl groups is 1. The zero-order chi connectivity index (χ0) is 18.0. The molecule has 2 aromatic rings. The van der Waals surface area contributed by atoms with Gasteiger partial charge in [0.1, 0.15) is 0 Å². The van der Waals surface area contributed by atoms with Gasteiger partial charge in [-0.05, 0) is 44.6 Å². The summed E-state index contributed by atoms with van der Waals surface area (Å²) >= 11 is 0. The van der Waals surface area contributed by atoms with Gasteiger partial charge in [-0.2, -0.15) is 5.10 Å². The molecule has 3 N–H and O–H groups in total. The first-order valence-corrected chi connectivity index (χ1v) is 9.23. The van der Waals surface area contributed by atoms with Crippen molar-refractivity contribution in [3.63, 3.8) is 0 Å². The van der Waals surface area contributed by atoms with Crippen molar-refractivity contribution in [2.45, 2.75) is 44.1 Å². The van der Waals surface area contributed by atoms with E-state index in [1.54, 1.807) is 18.5 Å². The maximum atomic E-state index is 12.6. The molecule has 8 heteroatoms. The van der Waals surface area contributed by atoms with Crippen LogP contribution < -0.4 is 10.2 Å². The van der Waals surface area contributed by atoms with Gasteiger partial charge in [0.05, 0.1) is 12.1 Å². The Morgan fingerprint density at radius 3 is 2.92 bits per heavy atom. The standard InChI is InChI=1S/C18H24N6O2/c25-16(15-13-5-1-2-6-14(13)22-23-15)21-11-18(26)7-3-10-24(12-18)17-19-8-4-9-20-17/h4,8-9,26H,1-3,5-7,10-12H2,(H,21,25)(H,22,23). The summed E-state index contributed by atoms with van der Waals surface area (Å²) in [6.07, 6.45) is 8.90. The molecule has 0 spiro atoms. The molecular formula is C18H24N6O2. The molecule has 1 aliphatic heterocycles. The molecule has 1 aliphatic carbocycles. The Balaban J connectivity index is 1.40. The van der Waals surface area contributed by atoms with E-state index in [0.29, 0.717) is 24.6 Å². The van der Waals surface area contributed by atoms with Crippen molar-refractivity contribution in [3.8, 4) is 0 Å². The molecule has 0 aromatic carbocycles. The fraction of sp³-hybridized carbons (Fsp3) is 0.556. The first kappa shape index (κ1) is 17.0. The molecule has 1 fully saturated rings. The number of nitrogens with zero attached hydrogens (tertiary/aromatic N) is 4. The number of nitrogens with one attached hydrogen (secondary N) is 2. The van der Waals surface area contributed by atoms with Crippen molar-refractivity contribution in [1.29, 1.82) is 0 Å². The van der Waals surface area contributed by atoms with Crippen molar-refractivity contribution >= 4 is 11.9 Å². The second-order valence-corrected chi connectivity index (χ2v) is 7.22. The lowest BCUT2D eigenvalue weighted by Crippen LogP contribution is -2.54. The Labute approximate surface area is 152 Å². The Morgan fingerprint density at radius 1 is 1.27 bits per heavy atom. The van der Waals surface area contributed by atoms with Crippen LogP contribution in [0.2, 0.25) is 0 Å². The van der Waals surface area contributed by atoms with Crippen LogP contribution in [-0.4, -0.2) is 56.4 Å². The zero-order valence-corrected chi connectivity index (χ0v) is 14.7. The first-order valence-electron chi connectivity index (χ1n) is 9.23. The third-order valence-electron chi connectivity index (χ3n) is 5.24. The first-order chi connectivity index (χ1) is 12.6. The summed E-state index contributed by atoms with van der Waals surface area (Å²) in [6, 6.07) is 1.77. The van der Waals surface area contributed by atoms with Crippen LogP contribution in [0.1, 0.15) is 47.4 Å². The number of piperidine rings is 1. The van der Waals surface area contributed by atoms with Gasteiger partial charge in [0, 0.05) is 36.7 Å². The lowest BCUT2D eigenvalue weighted by molar-refractivity contribution is 0.0251. The number of aromatic amines is 1. The largest absolute Gasteiger partial charge is 0.386 e. The molecule has 2 aliphatic rings. The number of amides is 1. The number of aromatic nitrogens is 4. The molecule has 0 bridgehead atoms. The van der Waals surface area contributed by atoms with Crippen molar-refractivity contribution in [1.82, 2.24) is 25.5 Å². The van der Waals surface area contributed by atoms with E-state index in [1.807, 2.05) is 4.90 Å². The van der Waals surface area contributed by atoms with Crippen LogP contribution in [-0.2, 0) is 12.8 Å². The summed E-state index contributed by atoms with van der Waals surface area (Å²) in [4.78, 5) is 23.0. The summed E-state index contributed by atoms with van der Waals surface area (Å²) in [5, 5.41) is 21.0. The van der Waals surface area contributed by atoms with Gasteiger partial charge in [0.15, 0.2) is 5.69 Å². The van der Waals surface area contributed by atoms with E-state index in [9.17, 15) is 9.90 Å². The van der Waals surface area contributed by atoms with Gasteiger partial charge in [0.25, 0.3) is 5.91 Å². The molecular weight excluding hydrogens is 332 g/mol. The minimum Gasteiger partial charge on any atom is -0.386 e. The number of hydrogen-bond donors (Lipinski definition) is 3. The highest BCUT2D eigenvalue weighted by molar-refractivity contribution is 5.94. The van der Waals surface area contributed by atoms with Gasteiger partial charge in [-0.25, -0.2) is 9.97 Å². The smallest absolute Gasteiger partial charge is 0.272 e.